The smallest absolute Gasteiger partial charge is 0.170 e. The molecule has 2 aromatic heterocycles. The minimum atomic E-state index is -0.0393. The van der Waals surface area contributed by atoms with Crippen molar-refractivity contribution >= 4 is 17.3 Å². The van der Waals surface area contributed by atoms with Gasteiger partial charge in [0.2, 0.25) is 0 Å². The number of aromatic nitrogens is 2. The van der Waals surface area contributed by atoms with Gasteiger partial charge in [-0.05, 0) is 74.1 Å². The molecule has 0 bridgehead atoms. The molecule has 0 spiro atoms. The van der Waals surface area contributed by atoms with Gasteiger partial charge in [0.1, 0.15) is 5.75 Å². The maximum atomic E-state index is 5.76. The molecule has 0 saturated carbocycles. The molecule has 4 rings (SSSR count). The van der Waals surface area contributed by atoms with E-state index in [0.717, 1.165) is 40.9 Å². The maximum Gasteiger partial charge on any atom is 0.170 e. The van der Waals surface area contributed by atoms with Gasteiger partial charge >= 0.3 is 0 Å². The lowest BCUT2D eigenvalue weighted by atomic mass is 10.0. The van der Waals surface area contributed by atoms with Crippen LogP contribution in [0.25, 0.3) is 5.69 Å². The molecule has 7 heteroatoms. The average molecular weight is 437 g/mol. The first kappa shape index (κ1) is 21.3. The van der Waals surface area contributed by atoms with Crippen LogP contribution in [0.5, 0.6) is 5.75 Å². The van der Waals surface area contributed by atoms with Crippen LogP contribution in [0.15, 0.2) is 60.8 Å². The topological polar surface area (TPSA) is 51.5 Å². The summed E-state index contributed by atoms with van der Waals surface area (Å²) in [5.41, 5.74) is 4.40. The quantitative estimate of drug-likeness (QED) is 0.422. The molecule has 1 fully saturated rings. The lowest BCUT2D eigenvalue weighted by Gasteiger charge is -2.29. The zero-order chi connectivity index (χ0) is 21.8. The SMILES string of the molecule is COCCCN1C(=S)N[C@@H](c2ccccn2)[C@H]1c1ccc(C)n1-c1ccc(OC)cc1. The summed E-state index contributed by atoms with van der Waals surface area (Å²) in [5.74, 6) is 0.839. The third-order valence-electron chi connectivity index (χ3n) is 5.69. The average Bonchev–Trinajstić information content (AvgIpc) is 3.34. The normalized spacial score (nSPS) is 18.3. The van der Waals surface area contributed by atoms with E-state index in [1.54, 1.807) is 14.2 Å². The standard InChI is InChI=1S/C24H28N4O2S/c1-17-8-13-21(28(17)18-9-11-19(30-3)12-10-18)23-22(20-7-4-5-14-25-20)26-24(31)27(23)15-6-16-29-2/h4-5,7-14,22-23H,6,15-16H2,1-3H3,(H,26,31)/t22-,23+/m0/s1. The molecule has 6 nitrogen and oxygen atoms in total. The van der Waals surface area contributed by atoms with Crippen molar-refractivity contribution in [2.24, 2.45) is 0 Å². The highest BCUT2D eigenvalue weighted by Crippen LogP contribution is 2.40. The first-order valence-corrected chi connectivity index (χ1v) is 10.8. The van der Waals surface area contributed by atoms with Crippen LogP contribution in [0.1, 0.15) is 35.6 Å². The van der Waals surface area contributed by atoms with E-state index in [1.807, 2.05) is 30.5 Å². The van der Waals surface area contributed by atoms with Gasteiger partial charge in [0.05, 0.1) is 24.9 Å². The third kappa shape index (κ3) is 4.29. The molecule has 0 unspecified atom stereocenters. The number of aryl methyl sites for hydroxylation is 1. The molecule has 31 heavy (non-hydrogen) atoms. The van der Waals surface area contributed by atoms with E-state index < -0.39 is 0 Å². The van der Waals surface area contributed by atoms with E-state index in [4.69, 9.17) is 21.7 Å². The van der Waals surface area contributed by atoms with Gasteiger partial charge < -0.3 is 24.3 Å². The van der Waals surface area contributed by atoms with Gasteiger partial charge in [-0.15, -0.1) is 0 Å². The van der Waals surface area contributed by atoms with Crippen molar-refractivity contribution in [1.29, 1.82) is 0 Å². The Bertz CT molecular complexity index is 1020. The molecule has 0 radical (unpaired) electrons. The van der Waals surface area contributed by atoms with E-state index in [2.05, 4.69) is 57.0 Å². The summed E-state index contributed by atoms with van der Waals surface area (Å²) in [5, 5.41) is 4.27. The Morgan fingerprint density at radius 1 is 1.06 bits per heavy atom. The minimum absolute atomic E-state index is 0.00931. The molecule has 0 aliphatic carbocycles. The van der Waals surface area contributed by atoms with Gasteiger partial charge in [0.15, 0.2) is 5.11 Å². The van der Waals surface area contributed by atoms with Crippen molar-refractivity contribution in [2.45, 2.75) is 25.4 Å². The molecule has 162 valence electrons. The molecule has 2 atom stereocenters. The minimum Gasteiger partial charge on any atom is -0.497 e. The number of rotatable bonds is 8. The number of nitrogens with zero attached hydrogens (tertiary/aromatic N) is 3. The summed E-state index contributed by atoms with van der Waals surface area (Å²) in [6.45, 7) is 3.62. The number of hydrogen-bond donors (Lipinski definition) is 1. The molecule has 3 heterocycles. The highest BCUT2D eigenvalue weighted by molar-refractivity contribution is 7.80. The Morgan fingerprint density at radius 3 is 2.55 bits per heavy atom. The summed E-state index contributed by atoms with van der Waals surface area (Å²) in [6, 6.07) is 18.5. The van der Waals surface area contributed by atoms with E-state index >= 15 is 0 Å². The van der Waals surface area contributed by atoms with Crippen LogP contribution in [0, 0.1) is 6.92 Å². The van der Waals surface area contributed by atoms with Crippen molar-refractivity contribution in [3.63, 3.8) is 0 Å². The molecule has 0 amide bonds. The van der Waals surface area contributed by atoms with Crippen LogP contribution in [0.2, 0.25) is 0 Å². The fraction of sp³-hybridized carbons (Fsp3) is 0.333. The van der Waals surface area contributed by atoms with E-state index in [9.17, 15) is 0 Å². The maximum absolute atomic E-state index is 5.76. The molecule has 1 N–H and O–H groups in total. The fourth-order valence-corrected chi connectivity index (χ4v) is 4.55. The number of nitrogens with one attached hydrogen (secondary N) is 1. The van der Waals surface area contributed by atoms with Gasteiger partial charge in [0.25, 0.3) is 0 Å². The second-order valence-corrected chi connectivity index (χ2v) is 7.99. The molecule has 1 aliphatic heterocycles. The zero-order valence-electron chi connectivity index (χ0n) is 18.1. The number of methoxy groups -OCH3 is 2. The first-order valence-electron chi connectivity index (χ1n) is 10.4. The summed E-state index contributed by atoms with van der Waals surface area (Å²) < 4.78 is 12.9. The van der Waals surface area contributed by atoms with Gasteiger partial charge in [0, 0.05) is 43.5 Å². The second-order valence-electron chi connectivity index (χ2n) is 7.60. The fourth-order valence-electron chi connectivity index (χ4n) is 4.22. The Labute approximate surface area is 188 Å². The Balaban J connectivity index is 1.78. The van der Waals surface area contributed by atoms with E-state index in [0.29, 0.717) is 6.61 Å². The summed E-state index contributed by atoms with van der Waals surface area (Å²) in [4.78, 5) is 6.90. The highest BCUT2D eigenvalue weighted by atomic mass is 32.1. The van der Waals surface area contributed by atoms with Gasteiger partial charge in [-0.2, -0.15) is 0 Å². The summed E-state index contributed by atoms with van der Waals surface area (Å²) in [7, 11) is 3.41. The lowest BCUT2D eigenvalue weighted by Crippen LogP contribution is -2.32. The van der Waals surface area contributed by atoms with E-state index in [1.165, 1.54) is 5.69 Å². The van der Waals surface area contributed by atoms with Crippen molar-refractivity contribution in [3.8, 4) is 11.4 Å². The molecule has 1 aromatic carbocycles. The number of hydrogen-bond acceptors (Lipinski definition) is 4. The molecule has 1 saturated heterocycles. The first-order chi connectivity index (χ1) is 15.1. The predicted molar refractivity (Wildman–Crippen MR) is 126 cm³/mol. The van der Waals surface area contributed by atoms with Gasteiger partial charge in [-0.3, -0.25) is 4.98 Å². The van der Waals surface area contributed by atoms with Crippen LogP contribution in [0.4, 0.5) is 0 Å². The van der Waals surface area contributed by atoms with Crippen LogP contribution < -0.4 is 10.1 Å². The predicted octanol–water partition coefficient (Wildman–Crippen LogP) is 4.20. The van der Waals surface area contributed by atoms with Gasteiger partial charge in [-0.25, -0.2) is 0 Å². The van der Waals surface area contributed by atoms with Gasteiger partial charge in [-0.1, -0.05) is 6.07 Å². The monoisotopic (exact) mass is 436 g/mol. The van der Waals surface area contributed by atoms with Crippen LogP contribution >= 0.6 is 12.2 Å². The largest absolute Gasteiger partial charge is 0.497 e. The Morgan fingerprint density at radius 2 is 1.87 bits per heavy atom. The van der Waals surface area contributed by atoms with Crippen LogP contribution in [-0.4, -0.2) is 46.9 Å². The molecule has 1 aliphatic rings. The van der Waals surface area contributed by atoms with E-state index in [-0.39, 0.29) is 12.1 Å². The third-order valence-corrected chi connectivity index (χ3v) is 6.04. The zero-order valence-corrected chi connectivity index (χ0v) is 18.9. The highest BCUT2D eigenvalue weighted by Gasteiger charge is 2.41. The Kier molecular flexibility index (Phi) is 6.53. The van der Waals surface area contributed by atoms with Crippen molar-refractivity contribution in [2.75, 3.05) is 27.4 Å². The summed E-state index contributed by atoms with van der Waals surface area (Å²) in [6.07, 6.45) is 2.73. The van der Waals surface area contributed by atoms with Crippen molar-refractivity contribution in [3.05, 3.63) is 77.9 Å². The number of thiocarbonyl (C=S) groups is 1. The molecular weight excluding hydrogens is 408 g/mol. The number of ether oxygens (including phenoxy) is 2. The molecular formula is C24H28N4O2S. The Hall–Kier alpha value is -2.90. The van der Waals surface area contributed by atoms with Crippen molar-refractivity contribution in [1.82, 2.24) is 19.8 Å². The number of pyridine rings is 1. The van der Waals surface area contributed by atoms with Crippen LogP contribution in [0.3, 0.4) is 0 Å². The molecule has 3 aromatic rings. The number of benzene rings is 1. The summed E-state index contributed by atoms with van der Waals surface area (Å²) >= 11 is 5.76. The second kappa shape index (κ2) is 9.49. The van der Waals surface area contributed by atoms with Crippen molar-refractivity contribution < 1.29 is 9.47 Å². The lowest BCUT2D eigenvalue weighted by molar-refractivity contribution is 0.180. The van der Waals surface area contributed by atoms with Crippen LogP contribution in [-0.2, 0) is 4.74 Å².